The minimum atomic E-state index is -0.235. The molecule has 1 aliphatic carbocycles. The predicted molar refractivity (Wildman–Crippen MR) is 66.4 cm³/mol. The zero-order valence-corrected chi connectivity index (χ0v) is 10.4. The van der Waals surface area contributed by atoms with Crippen molar-refractivity contribution in [1.29, 1.82) is 0 Å². The molecule has 5 heteroatoms. The maximum absolute atomic E-state index is 5.46. The van der Waals surface area contributed by atoms with Crippen LogP contribution in [0.4, 0.5) is 0 Å². The fourth-order valence-corrected chi connectivity index (χ4v) is 2.19. The summed E-state index contributed by atoms with van der Waals surface area (Å²) in [5, 5.41) is 4.03. The highest BCUT2D eigenvalue weighted by Gasteiger charge is 2.29. The van der Waals surface area contributed by atoms with E-state index >= 15 is 0 Å². The first kappa shape index (κ1) is 11.1. The van der Waals surface area contributed by atoms with Gasteiger partial charge in [-0.25, -0.2) is 0 Å². The smallest absolute Gasteiger partial charge is 0.230 e. The van der Waals surface area contributed by atoms with Crippen molar-refractivity contribution in [2.45, 2.75) is 25.0 Å². The van der Waals surface area contributed by atoms with Gasteiger partial charge in [-0.05, 0) is 12.8 Å². The number of nitrogens with zero attached hydrogens (tertiary/aromatic N) is 2. The van der Waals surface area contributed by atoms with Crippen LogP contribution >= 0.6 is 0 Å². The molecule has 0 spiro atoms. The Bertz CT molecular complexity index is 569. The fraction of sp³-hybridized carbons (Fsp3) is 0.429. The van der Waals surface area contributed by atoms with Gasteiger partial charge in [-0.3, -0.25) is 0 Å². The highest BCUT2D eigenvalue weighted by molar-refractivity contribution is 5.54. The average Bonchev–Trinajstić information content (AvgIpc) is 2.97. The Hall–Kier alpha value is -1.72. The lowest BCUT2D eigenvalue weighted by Crippen LogP contribution is -1.97. The Labute approximate surface area is 110 Å². The molecular formula is C14H14N2O3. The van der Waals surface area contributed by atoms with Crippen molar-refractivity contribution in [1.82, 2.24) is 10.1 Å². The Morgan fingerprint density at radius 1 is 1.00 bits per heavy atom. The first-order valence-corrected chi connectivity index (χ1v) is 6.57. The van der Waals surface area contributed by atoms with E-state index in [0.29, 0.717) is 25.0 Å². The van der Waals surface area contributed by atoms with Gasteiger partial charge in [-0.2, -0.15) is 4.98 Å². The fourth-order valence-electron chi connectivity index (χ4n) is 2.19. The van der Waals surface area contributed by atoms with Crippen molar-refractivity contribution in [2.24, 2.45) is 0 Å². The van der Waals surface area contributed by atoms with Crippen molar-refractivity contribution in [2.75, 3.05) is 13.2 Å². The van der Waals surface area contributed by atoms with E-state index in [0.717, 1.165) is 29.9 Å². The van der Waals surface area contributed by atoms with Gasteiger partial charge < -0.3 is 14.0 Å². The molecule has 1 aromatic carbocycles. The Kier molecular flexibility index (Phi) is 2.60. The van der Waals surface area contributed by atoms with Crippen molar-refractivity contribution >= 4 is 0 Å². The van der Waals surface area contributed by atoms with E-state index in [-0.39, 0.29) is 6.29 Å². The second kappa shape index (κ2) is 4.43. The molecule has 0 unspecified atom stereocenters. The number of benzene rings is 1. The summed E-state index contributed by atoms with van der Waals surface area (Å²) in [5.74, 6) is 1.91. The monoisotopic (exact) mass is 258 g/mol. The van der Waals surface area contributed by atoms with Gasteiger partial charge in [0.1, 0.15) is 0 Å². The third-order valence-electron chi connectivity index (χ3n) is 3.43. The van der Waals surface area contributed by atoms with Gasteiger partial charge in [-0.1, -0.05) is 29.4 Å². The minimum Gasteiger partial charge on any atom is -0.346 e. The molecule has 1 aromatic heterocycles. The Morgan fingerprint density at radius 2 is 1.74 bits per heavy atom. The molecule has 98 valence electrons. The molecular weight excluding hydrogens is 244 g/mol. The summed E-state index contributed by atoms with van der Waals surface area (Å²) in [5.41, 5.74) is 1.98. The van der Waals surface area contributed by atoms with Crippen LogP contribution in [0.5, 0.6) is 0 Å². The van der Waals surface area contributed by atoms with E-state index in [1.165, 1.54) is 0 Å². The van der Waals surface area contributed by atoms with Gasteiger partial charge in [0.25, 0.3) is 0 Å². The van der Waals surface area contributed by atoms with Gasteiger partial charge >= 0.3 is 0 Å². The molecule has 2 heterocycles. The highest BCUT2D eigenvalue weighted by atomic mass is 16.7. The molecule has 0 radical (unpaired) electrons. The largest absolute Gasteiger partial charge is 0.346 e. The van der Waals surface area contributed by atoms with Gasteiger partial charge in [-0.15, -0.1) is 0 Å². The molecule has 0 N–H and O–H groups in total. The van der Waals surface area contributed by atoms with Gasteiger partial charge in [0.05, 0.1) is 13.2 Å². The first-order chi connectivity index (χ1) is 9.40. The molecule has 2 aliphatic rings. The van der Waals surface area contributed by atoms with Crippen LogP contribution in [0.15, 0.2) is 28.8 Å². The normalized spacial score (nSPS) is 20.0. The van der Waals surface area contributed by atoms with Crippen LogP contribution in [-0.2, 0) is 9.47 Å². The van der Waals surface area contributed by atoms with E-state index in [1.54, 1.807) is 0 Å². The number of aromatic nitrogens is 2. The molecule has 19 heavy (non-hydrogen) atoms. The lowest BCUT2D eigenvalue weighted by atomic mass is 10.1. The number of ether oxygens (including phenoxy) is 2. The number of hydrogen-bond acceptors (Lipinski definition) is 5. The molecule has 4 rings (SSSR count). The van der Waals surface area contributed by atoms with E-state index in [2.05, 4.69) is 10.1 Å². The Morgan fingerprint density at radius 3 is 2.42 bits per heavy atom. The average molecular weight is 258 g/mol. The van der Waals surface area contributed by atoms with Crippen LogP contribution in [0, 0.1) is 0 Å². The maximum atomic E-state index is 5.46. The summed E-state index contributed by atoms with van der Waals surface area (Å²) in [6.45, 7) is 1.31. The third-order valence-corrected chi connectivity index (χ3v) is 3.43. The van der Waals surface area contributed by atoms with Gasteiger partial charge in [0, 0.05) is 17.0 Å². The summed E-state index contributed by atoms with van der Waals surface area (Å²) in [6.07, 6.45) is 2.09. The van der Waals surface area contributed by atoms with E-state index in [4.69, 9.17) is 14.0 Å². The van der Waals surface area contributed by atoms with Crippen molar-refractivity contribution in [3.63, 3.8) is 0 Å². The number of hydrogen-bond donors (Lipinski definition) is 0. The number of rotatable bonds is 3. The molecule has 0 atom stereocenters. The van der Waals surface area contributed by atoms with E-state index in [9.17, 15) is 0 Å². The van der Waals surface area contributed by atoms with Gasteiger partial charge in [0.15, 0.2) is 6.29 Å². The van der Waals surface area contributed by atoms with Crippen LogP contribution < -0.4 is 0 Å². The van der Waals surface area contributed by atoms with E-state index < -0.39 is 0 Å². The molecule has 0 amide bonds. The van der Waals surface area contributed by atoms with Crippen molar-refractivity contribution < 1.29 is 14.0 Å². The summed E-state index contributed by atoms with van der Waals surface area (Å²) < 4.78 is 16.2. The predicted octanol–water partition coefficient (Wildman–Crippen LogP) is 2.66. The SMILES string of the molecule is c1cc(C2OCCO2)ccc1-c1noc(C2CC2)n1. The summed E-state index contributed by atoms with van der Waals surface area (Å²) in [7, 11) is 0. The molecule has 2 fully saturated rings. The van der Waals surface area contributed by atoms with Crippen LogP contribution in [0.1, 0.15) is 36.5 Å². The zero-order valence-electron chi connectivity index (χ0n) is 10.4. The van der Waals surface area contributed by atoms with Crippen LogP contribution in [0.25, 0.3) is 11.4 Å². The second-order valence-electron chi connectivity index (χ2n) is 4.93. The highest BCUT2D eigenvalue weighted by Crippen LogP contribution is 2.39. The van der Waals surface area contributed by atoms with Crippen LogP contribution in [-0.4, -0.2) is 23.4 Å². The molecule has 0 bridgehead atoms. The zero-order chi connectivity index (χ0) is 12.7. The molecule has 5 nitrogen and oxygen atoms in total. The second-order valence-corrected chi connectivity index (χ2v) is 4.93. The minimum absolute atomic E-state index is 0.235. The van der Waals surface area contributed by atoms with Crippen molar-refractivity contribution in [3.05, 3.63) is 35.7 Å². The molecule has 1 aliphatic heterocycles. The first-order valence-electron chi connectivity index (χ1n) is 6.57. The maximum Gasteiger partial charge on any atom is 0.230 e. The summed E-state index contributed by atoms with van der Waals surface area (Å²) in [4.78, 5) is 4.43. The summed E-state index contributed by atoms with van der Waals surface area (Å²) in [6, 6.07) is 7.92. The van der Waals surface area contributed by atoms with Gasteiger partial charge in [0.2, 0.25) is 11.7 Å². The molecule has 1 saturated carbocycles. The third kappa shape index (κ3) is 2.15. The van der Waals surface area contributed by atoms with Crippen molar-refractivity contribution in [3.8, 4) is 11.4 Å². The quantitative estimate of drug-likeness (QED) is 0.847. The van der Waals surface area contributed by atoms with Crippen LogP contribution in [0.3, 0.4) is 0 Å². The van der Waals surface area contributed by atoms with E-state index in [1.807, 2.05) is 24.3 Å². The molecule has 2 aromatic rings. The standard InChI is InChI=1S/C14H14N2O3/c1-5-11(14-17-7-8-18-14)6-2-9(1)12-15-13(19-16-12)10-3-4-10/h1-2,5-6,10,14H,3-4,7-8H2. The Balaban J connectivity index is 1.56. The summed E-state index contributed by atoms with van der Waals surface area (Å²) >= 11 is 0. The van der Waals surface area contributed by atoms with Crippen LogP contribution in [0.2, 0.25) is 0 Å². The molecule has 1 saturated heterocycles. The lowest BCUT2D eigenvalue weighted by Gasteiger charge is -2.08. The topological polar surface area (TPSA) is 57.4 Å². The lowest BCUT2D eigenvalue weighted by molar-refractivity contribution is -0.0441.